The van der Waals surface area contributed by atoms with E-state index in [2.05, 4.69) is 11.2 Å². The molecule has 0 bridgehead atoms. The first-order valence-electron chi connectivity index (χ1n) is 4.67. The first-order chi connectivity index (χ1) is 6.88. The Hall–Kier alpha value is -1.46. The third-order valence-electron chi connectivity index (χ3n) is 1.84. The summed E-state index contributed by atoms with van der Waals surface area (Å²) in [6.45, 7) is 1.39. The van der Waals surface area contributed by atoms with Crippen molar-refractivity contribution in [3.05, 3.63) is 29.8 Å². The predicted molar refractivity (Wildman–Crippen MR) is 58.2 cm³/mol. The Labute approximate surface area is 85.3 Å². The molecule has 0 amide bonds. The topological polar surface area (TPSA) is 21.3 Å². The van der Waals surface area contributed by atoms with Gasteiger partial charge in [-0.05, 0) is 13.1 Å². The zero-order valence-corrected chi connectivity index (χ0v) is 8.42. The Morgan fingerprint density at radius 3 is 2.93 bits per heavy atom. The fourth-order valence-electron chi connectivity index (χ4n) is 1.20. The number of terminal acetylenes is 1. The van der Waals surface area contributed by atoms with E-state index in [0.717, 1.165) is 17.9 Å². The highest BCUT2D eigenvalue weighted by Gasteiger charge is 2.00. The fraction of sp³-hybridized carbons (Fsp3) is 0.333. The monoisotopic (exact) mass is 189 g/mol. The van der Waals surface area contributed by atoms with Crippen LogP contribution in [0.5, 0.6) is 5.75 Å². The van der Waals surface area contributed by atoms with Gasteiger partial charge < -0.3 is 10.1 Å². The second-order valence-electron chi connectivity index (χ2n) is 2.94. The molecule has 0 fully saturated rings. The van der Waals surface area contributed by atoms with Gasteiger partial charge >= 0.3 is 0 Å². The fourth-order valence-corrected chi connectivity index (χ4v) is 1.20. The van der Waals surface area contributed by atoms with E-state index in [1.54, 1.807) is 0 Å². The highest BCUT2D eigenvalue weighted by Crippen LogP contribution is 2.17. The summed E-state index contributed by atoms with van der Waals surface area (Å²) in [7, 11) is 1.91. The van der Waals surface area contributed by atoms with Crippen LogP contribution in [0.2, 0.25) is 0 Å². The zero-order chi connectivity index (χ0) is 10.2. The van der Waals surface area contributed by atoms with Crippen LogP contribution in [0.25, 0.3) is 0 Å². The van der Waals surface area contributed by atoms with E-state index >= 15 is 0 Å². The van der Waals surface area contributed by atoms with Crippen molar-refractivity contribution in [1.29, 1.82) is 0 Å². The van der Waals surface area contributed by atoms with Gasteiger partial charge in [-0.1, -0.05) is 18.2 Å². The molecule has 0 aliphatic carbocycles. The molecule has 0 unspecified atom stereocenters. The molecule has 0 radical (unpaired) electrons. The lowest BCUT2D eigenvalue weighted by Crippen LogP contribution is -2.07. The maximum absolute atomic E-state index is 5.55. The van der Waals surface area contributed by atoms with Crippen molar-refractivity contribution in [2.45, 2.75) is 13.0 Å². The molecule has 1 N–H and O–H groups in total. The Morgan fingerprint density at radius 2 is 2.21 bits per heavy atom. The third-order valence-corrected chi connectivity index (χ3v) is 1.84. The summed E-state index contributed by atoms with van der Waals surface area (Å²) in [6.07, 6.45) is 5.79. The Kier molecular flexibility index (Phi) is 4.60. The second-order valence-corrected chi connectivity index (χ2v) is 2.94. The minimum absolute atomic E-state index is 0.581. The lowest BCUT2D eigenvalue weighted by Gasteiger charge is -2.09. The summed E-state index contributed by atoms with van der Waals surface area (Å²) < 4.78 is 5.55. The van der Waals surface area contributed by atoms with Crippen molar-refractivity contribution in [1.82, 2.24) is 5.32 Å². The van der Waals surface area contributed by atoms with Crippen molar-refractivity contribution in [3.63, 3.8) is 0 Å². The molecule has 2 nitrogen and oxygen atoms in total. The molecule has 74 valence electrons. The van der Waals surface area contributed by atoms with E-state index in [9.17, 15) is 0 Å². The average Bonchev–Trinajstić information content (AvgIpc) is 2.21. The van der Waals surface area contributed by atoms with Gasteiger partial charge in [0.2, 0.25) is 0 Å². The largest absolute Gasteiger partial charge is 0.492 e. The number of ether oxygens (including phenoxy) is 1. The lowest BCUT2D eigenvalue weighted by atomic mass is 10.2. The molecule has 1 aromatic carbocycles. The number of para-hydroxylation sites is 1. The summed E-state index contributed by atoms with van der Waals surface area (Å²) in [5.74, 6) is 3.46. The van der Waals surface area contributed by atoms with E-state index in [4.69, 9.17) is 11.2 Å². The average molecular weight is 189 g/mol. The summed E-state index contributed by atoms with van der Waals surface area (Å²) in [5.41, 5.74) is 1.16. The highest BCUT2D eigenvalue weighted by molar-refractivity contribution is 5.33. The Morgan fingerprint density at radius 1 is 1.43 bits per heavy atom. The molecular formula is C12H15NO. The molecule has 0 spiro atoms. The lowest BCUT2D eigenvalue weighted by molar-refractivity contribution is 0.323. The van der Waals surface area contributed by atoms with Crippen LogP contribution in [0.4, 0.5) is 0 Å². The molecule has 0 saturated carbocycles. The van der Waals surface area contributed by atoms with Crippen LogP contribution in [0.3, 0.4) is 0 Å². The van der Waals surface area contributed by atoms with Crippen LogP contribution in [-0.4, -0.2) is 13.7 Å². The van der Waals surface area contributed by atoms with Gasteiger partial charge in [-0.2, -0.15) is 0 Å². The van der Waals surface area contributed by atoms with Gasteiger partial charge in [-0.15, -0.1) is 12.3 Å². The quantitative estimate of drug-likeness (QED) is 0.563. The summed E-state index contributed by atoms with van der Waals surface area (Å²) in [5, 5.41) is 3.09. The van der Waals surface area contributed by atoms with Crippen LogP contribution in [0.15, 0.2) is 24.3 Å². The minimum Gasteiger partial charge on any atom is -0.492 e. The van der Waals surface area contributed by atoms with E-state index in [1.165, 1.54) is 0 Å². The van der Waals surface area contributed by atoms with Gasteiger partial charge in [0.25, 0.3) is 0 Å². The van der Waals surface area contributed by atoms with Gasteiger partial charge in [0.15, 0.2) is 0 Å². The van der Waals surface area contributed by atoms with E-state index < -0.39 is 0 Å². The molecule has 0 aliphatic heterocycles. The third kappa shape index (κ3) is 3.12. The SMILES string of the molecule is C#CCCOc1ccccc1CNC. The van der Waals surface area contributed by atoms with Gasteiger partial charge in [-0.25, -0.2) is 0 Å². The Bertz CT molecular complexity index is 314. The number of benzene rings is 1. The molecule has 0 saturated heterocycles. The van der Waals surface area contributed by atoms with Gasteiger partial charge in [0.05, 0.1) is 6.61 Å². The normalized spacial score (nSPS) is 9.43. The van der Waals surface area contributed by atoms with Crippen LogP contribution >= 0.6 is 0 Å². The first-order valence-corrected chi connectivity index (χ1v) is 4.67. The summed E-state index contributed by atoms with van der Waals surface area (Å²) >= 11 is 0. The van der Waals surface area contributed by atoms with E-state index in [0.29, 0.717) is 13.0 Å². The molecule has 0 heterocycles. The molecule has 0 aromatic heterocycles. The number of rotatable bonds is 5. The smallest absolute Gasteiger partial charge is 0.123 e. The highest BCUT2D eigenvalue weighted by atomic mass is 16.5. The van der Waals surface area contributed by atoms with Crippen LogP contribution in [0.1, 0.15) is 12.0 Å². The molecule has 1 rings (SSSR count). The molecule has 2 heteroatoms. The van der Waals surface area contributed by atoms with Crippen LogP contribution in [-0.2, 0) is 6.54 Å². The number of hydrogen-bond acceptors (Lipinski definition) is 2. The summed E-state index contributed by atoms with van der Waals surface area (Å²) in [6, 6.07) is 7.97. The van der Waals surface area contributed by atoms with Gasteiger partial charge in [0, 0.05) is 18.5 Å². The summed E-state index contributed by atoms with van der Waals surface area (Å²) in [4.78, 5) is 0. The molecule has 14 heavy (non-hydrogen) atoms. The van der Waals surface area contributed by atoms with Crippen molar-refractivity contribution >= 4 is 0 Å². The molecule has 0 aliphatic rings. The van der Waals surface area contributed by atoms with Gasteiger partial charge in [0.1, 0.15) is 5.75 Å². The van der Waals surface area contributed by atoms with Crippen molar-refractivity contribution in [2.24, 2.45) is 0 Å². The van der Waals surface area contributed by atoms with E-state index in [1.807, 2.05) is 31.3 Å². The zero-order valence-electron chi connectivity index (χ0n) is 8.42. The van der Waals surface area contributed by atoms with Gasteiger partial charge in [-0.3, -0.25) is 0 Å². The van der Waals surface area contributed by atoms with Crippen molar-refractivity contribution in [2.75, 3.05) is 13.7 Å². The maximum atomic E-state index is 5.55. The van der Waals surface area contributed by atoms with Crippen LogP contribution < -0.4 is 10.1 Å². The van der Waals surface area contributed by atoms with Crippen molar-refractivity contribution < 1.29 is 4.74 Å². The first kappa shape index (κ1) is 10.6. The van der Waals surface area contributed by atoms with Crippen LogP contribution in [0, 0.1) is 12.3 Å². The van der Waals surface area contributed by atoms with Crippen molar-refractivity contribution in [3.8, 4) is 18.1 Å². The molecule has 1 aromatic rings. The molecule has 0 atom stereocenters. The second kappa shape index (κ2) is 6.06. The van der Waals surface area contributed by atoms with E-state index in [-0.39, 0.29) is 0 Å². The maximum Gasteiger partial charge on any atom is 0.123 e. The Balaban J connectivity index is 2.60. The standard InChI is InChI=1S/C12H15NO/c1-3-4-9-14-12-8-6-5-7-11(12)10-13-2/h1,5-8,13H,4,9-10H2,2H3. The predicted octanol–water partition coefficient (Wildman–Crippen LogP) is 1.81. The molecular weight excluding hydrogens is 174 g/mol. The minimum atomic E-state index is 0.581. The number of nitrogens with one attached hydrogen (secondary N) is 1. The number of hydrogen-bond donors (Lipinski definition) is 1.